The molecule has 2 fully saturated rings. The van der Waals surface area contributed by atoms with Gasteiger partial charge in [0, 0.05) is 32.2 Å². The predicted molar refractivity (Wildman–Crippen MR) is 106 cm³/mol. The van der Waals surface area contributed by atoms with Gasteiger partial charge in [-0.25, -0.2) is 4.98 Å². The van der Waals surface area contributed by atoms with E-state index in [1.54, 1.807) is 22.7 Å². The number of amides is 1. The lowest BCUT2D eigenvalue weighted by atomic mass is 10.2. The summed E-state index contributed by atoms with van der Waals surface area (Å²) in [6.45, 7) is 10.5. The van der Waals surface area contributed by atoms with E-state index in [1.165, 1.54) is 12.8 Å². The van der Waals surface area contributed by atoms with Gasteiger partial charge in [-0.3, -0.25) is 9.69 Å². The van der Waals surface area contributed by atoms with Crippen LogP contribution >= 0.6 is 22.7 Å². The van der Waals surface area contributed by atoms with Crippen molar-refractivity contribution >= 4 is 43.2 Å². The molecule has 0 spiro atoms. The Labute approximate surface area is 157 Å². The molecule has 2 aliphatic heterocycles. The molecule has 5 nitrogen and oxygen atoms in total. The van der Waals surface area contributed by atoms with Crippen molar-refractivity contribution in [1.82, 2.24) is 14.8 Å². The van der Waals surface area contributed by atoms with Gasteiger partial charge in [0.2, 0.25) is 0 Å². The molecular weight excluding hydrogens is 352 g/mol. The first-order valence-corrected chi connectivity index (χ1v) is 11.0. The van der Waals surface area contributed by atoms with E-state index in [2.05, 4.69) is 29.7 Å². The van der Waals surface area contributed by atoms with Crippen LogP contribution in [-0.4, -0.2) is 66.0 Å². The van der Waals surface area contributed by atoms with Gasteiger partial charge in [-0.05, 0) is 38.4 Å². The summed E-state index contributed by atoms with van der Waals surface area (Å²) in [7, 11) is 0. The lowest BCUT2D eigenvalue weighted by Crippen LogP contribution is -2.38. The molecule has 2 aliphatic rings. The summed E-state index contributed by atoms with van der Waals surface area (Å²) in [4.78, 5) is 26.4. The van der Waals surface area contributed by atoms with E-state index in [9.17, 15) is 4.79 Å². The van der Waals surface area contributed by atoms with Crippen LogP contribution in [0.4, 0.5) is 5.13 Å². The smallest absolute Gasteiger partial charge is 0.264 e. The highest BCUT2D eigenvalue weighted by Gasteiger charge is 2.30. The number of hydrogen-bond acceptors (Lipinski definition) is 6. The van der Waals surface area contributed by atoms with E-state index >= 15 is 0 Å². The Bertz CT molecular complexity index is 714. The lowest BCUT2D eigenvalue weighted by Gasteiger charge is -2.26. The fourth-order valence-electron chi connectivity index (χ4n) is 3.99. The second-order valence-electron chi connectivity index (χ2n) is 6.89. The molecule has 4 rings (SSSR count). The average Bonchev–Trinajstić information content (AvgIpc) is 3.37. The highest BCUT2D eigenvalue weighted by molar-refractivity contribution is 7.29. The summed E-state index contributed by atoms with van der Waals surface area (Å²) >= 11 is 3.30. The fourth-order valence-corrected chi connectivity index (χ4v) is 6.22. The highest BCUT2D eigenvalue weighted by atomic mass is 32.1. The van der Waals surface area contributed by atoms with Crippen LogP contribution in [0.5, 0.6) is 0 Å². The van der Waals surface area contributed by atoms with E-state index in [4.69, 9.17) is 4.98 Å². The van der Waals surface area contributed by atoms with Crippen LogP contribution in [0.1, 0.15) is 42.8 Å². The lowest BCUT2D eigenvalue weighted by molar-refractivity contribution is 0.0783. The Balaban J connectivity index is 1.46. The van der Waals surface area contributed by atoms with Crippen LogP contribution in [-0.2, 0) is 0 Å². The molecule has 0 aromatic carbocycles. The maximum atomic E-state index is 12.9. The Morgan fingerprint density at radius 2 is 2.00 bits per heavy atom. The molecule has 136 valence electrons. The van der Waals surface area contributed by atoms with Crippen molar-refractivity contribution < 1.29 is 4.79 Å². The standard InChI is InChI=1S/C18H26N4OS2/c1-3-20(4-2)13-7-10-22(12-13)17(23)15-11-14-16(24-15)19-18(25-14)21-8-5-6-9-21/h11,13H,3-10,12H2,1-2H3. The Kier molecular flexibility index (Phi) is 4.97. The van der Waals surface area contributed by atoms with Gasteiger partial charge in [-0.15, -0.1) is 11.3 Å². The maximum Gasteiger partial charge on any atom is 0.264 e. The first kappa shape index (κ1) is 17.2. The molecular formula is C18H26N4OS2. The number of likely N-dealkylation sites (N-methyl/N-ethyl adjacent to an activating group) is 1. The number of rotatable bonds is 5. The normalized spacial score (nSPS) is 21.2. The molecule has 4 heterocycles. The number of aromatic nitrogens is 1. The summed E-state index contributed by atoms with van der Waals surface area (Å²) in [6.07, 6.45) is 3.61. The Hall–Kier alpha value is -1.18. The van der Waals surface area contributed by atoms with Gasteiger partial charge in [-0.2, -0.15) is 0 Å². The minimum atomic E-state index is 0.188. The summed E-state index contributed by atoms with van der Waals surface area (Å²) in [5.74, 6) is 0.188. The van der Waals surface area contributed by atoms with Gasteiger partial charge < -0.3 is 9.80 Å². The van der Waals surface area contributed by atoms with E-state index in [-0.39, 0.29) is 5.91 Å². The van der Waals surface area contributed by atoms with Gasteiger partial charge in [0.05, 0.1) is 9.58 Å². The number of thiazole rings is 1. The van der Waals surface area contributed by atoms with E-state index < -0.39 is 0 Å². The number of fused-ring (bicyclic) bond motifs is 1. The van der Waals surface area contributed by atoms with E-state index in [1.807, 2.05) is 4.90 Å². The third kappa shape index (κ3) is 3.29. The van der Waals surface area contributed by atoms with Crippen LogP contribution in [0.15, 0.2) is 6.07 Å². The number of carbonyl (C=O) groups excluding carboxylic acids is 1. The van der Waals surface area contributed by atoms with E-state index in [0.29, 0.717) is 6.04 Å². The SMILES string of the molecule is CCN(CC)C1CCN(C(=O)c2cc3sc(N4CCCC4)nc3s2)C1. The summed E-state index contributed by atoms with van der Waals surface area (Å²) in [5.41, 5.74) is 0. The zero-order valence-corrected chi connectivity index (χ0v) is 16.7. The topological polar surface area (TPSA) is 39.7 Å². The molecule has 2 aromatic rings. The van der Waals surface area contributed by atoms with Crippen molar-refractivity contribution in [2.24, 2.45) is 0 Å². The van der Waals surface area contributed by atoms with Crippen LogP contribution in [0.25, 0.3) is 9.53 Å². The molecule has 0 saturated carbocycles. The largest absolute Gasteiger partial charge is 0.348 e. The van der Waals surface area contributed by atoms with Crippen molar-refractivity contribution in [2.75, 3.05) is 44.2 Å². The third-order valence-electron chi connectivity index (χ3n) is 5.44. The monoisotopic (exact) mass is 378 g/mol. The molecule has 0 bridgehead atoms. The van der Waals surface area contributed by atoms with Gasteiger partial charge in [0.25, 0.3) is 5.91 Å². The van der Waals surface area contributed by atoms with Gasteiger partial charge in [-0.1, -0.05) is 25.2 Å². The quantitative estimate of drug-likeness (QED) is 0.798. The number of nitrogens with zero attached hydrogens (tertiary/aromatic N) is 4. The van der Waals surface area contributed by atoms with Crippen molar-refractivity contribution in [3.05, 3.63) is 10.9 Å². The summed E-state index contributed by atoms with van der Waals surface area (Å²) in [5, 5.41) is 1.13. The van der Waals surface area contributed by atoms with Gasteiger partial charge >= 0.3 is 0 Å². The highest BCUT2D eigenvalue weighted by Crippen LogP contribution is 2.36. The van der Waals surface area contributed by atoms with E-state index in [0.717, 1.165) is 65.2 Å². The van der Waals surface area contributed by atoms with Crippen molar-refractivity contribution in [3.63, 3.8) is 0 Å². The van der Waals surface area contributed by atoms with Crippen molar-refractivity contribution in [1.29, 1.82) is 0 Å². The van der Waals surface area contributed by atoms with Crippen LogP contribution in [0, 0.1) is 0 Å². The molecule has 1 amide bonds. The van der Waals surface area contributed by atoms with Gasteiger partial charge in [0.15, 0.2) is 5.13 Å². The summed E-state index contributed by atoms with van der Waals surface area (Å²) < 4.78 is 1.16. The minimum Gasteiger partial charge on any atom is -0.348 e. The number of carbonyl (C=O) groups is 1. The van der Waals surface area contributed by atoms with Crippen LogP contribution in [0.2, 0.25) is 0 Å². The van der Waals surface area contributed by atoms with Crippen LogP contribution < -0.4 is 4.90 Å². The van der Waals surface area contributed by atoms with Gasteiger partial charge in [0.1, 0.15) is 4.83 Å². The second kappa shape index (κ2) is 7.21. The Morgan fingerprint density at radius 1 is 1.24 bits per heavy atom. The number of likely N-dealkylation sites (tertiary alicyclic amines) is 1. The fraction of sp³-hybridized carbons (Fsp3) is 0.667. The zero-order chi connectivity index (χ0) is 17.4. The predicted octanol–water partition coefficient (Wildman–Crippen LogP) is 3.51. The first-order chi connectivity index (χ1) is 12.2. The molecule has 0 radical (unpaired) electrons. The molecule has 25 heavy (non-hydrogen) atoms. The molecule has 7 heteroatoms. The number of anilines is 1. The third-order valence-corrected chi connectivity index (χ3v) is 7.65. The maximum absolute atomic E-state index is 12.9. The second-order valence-corrected chi connectivity index (χ2v) is 8.93. The zero-order valence-electron chi connectivity index (χ0n) is 15.0. The molecule has 2 aromatic heterocycles. The minimum absolute atomic E-state index is 0.188. The summed E-state index contributed by atoms with van der Waals surface area (Å²) in [6, 6.07) is 2.57. The van der Waals surface area contributed by atoms with Crippen molar-refractivity contribution in [2.45, 2.75) is 39.2 Å². The number of thiophene rings is 1. The molecule has 0 N–H and O–H groups in total. The number of hydrogen-bond donors (Lipinski definition) is 0. The van der Waals surface area contributed by atoms with Crippen LogP contribution in [0.3, 0.4) is 0 Å². The molecule has 2 saturated heterocycles. The molecule has 1 atom stereocenters. The molecule has 1 unspecified atom stereocenters. The molecule has 0 aliphatic carbocycles. The van der Waals surface area contributed by atoms with Crippen molar-refractivity contribution in [3.8, 4) is 0 Å². The first-order valence-electron chi connectivity index (χ1n) is 9.38. The average molecular weight is 379 g/mol. The Morgan fingerprint density at radius 3 is 2.68 bits per heavy atom.